The fourth-order valence-electron chi connectivity index (χ4n) is 1.27. The Hall–Kier alpha value is -0.920. The van der Waals surface area contributed by atoms with Crippen molar-refractivity contribution in [2.24, 2.45) is 0 Å². The van der Waals surface area contributed by atoms with Crippen LogP contribution in [0.15, 0.2) is 6.07 Å². The molecule has 0 atom stereocenters. The van der Waals surface area contributed by atoms with Crippen molar-refractivity contribution >= 4 is 0 Å². The van der Waals surface area contributed by atoms with Gasteiger partial charge in [0.1, 0.15) is 0 Å². The van der Waals surface area contributed by atoms with Crippen molar-refractivity contribution in [3.05, 3.63) is 23.0 Å². The summed E-state index contributed by atoms with van der Waals surface area (Å²) in [4.78, 5) is 0. The summed E-state index contributed by atoms with van der Waals surface area (Å²) < 4.78 is 0. The molecule has 0 amide bonds. The molecule has 0 saturated carbocycles. The van der Waals surface area contributed by atoms with E-state index in [1.54, 1.807) is 0 Å². The van der Waals surface area contributed by atoms with E-state index < -0.39 is 0 Å². The number of hydrogen-bond donors (Lipinski definition) is 0. The number of hydrogen-bond acceptors (Lipinski definition) is 2. The summed E-state index contributed by atoms with van der Waals surface area (Å²) in [6, 6.07) is 2.16. The molecular weight excluding hydrogens is 148 g/mol. The van der Waals surface area contributed by atoms with Gasteiger partial charge in [-0.2, -0.15) is 10.2 Å². The molecule has 0 radical (unpaired) electrons. The first-order chi connectivity index (χ1) is 5.65. The Morgan fingerprint density at radius 3 is 2.50 bits per heavy atom. The molecule has 0 N–H and O–H groups in total. The third-order valence-corrected chi connectivity index (χ3v) is 2.05. The van der Waals surface area contributed by atoms with Crippen molar-refractivity contribution in [1.82, 2.24) is 10.2 Å². The fraction of sp³-hybridized carbons (Fsp3) is 0.600. The van der Waals surface area contributed by atoms with E-state index in [4.69, 9.17) is 0 Å². The van der Waals surface area contributed by atoms with Crippen LogP contribution in [0.4, 0.5) is 0 Å². The molecule has 0 saturated heterocycles. The number of rotatable bonds is 2. The van der Waals surface area contributed by atoms with E-state index in [1.165, 1.54) is 5.56 Å². The summed E-state index contributed by atoms with van der Waals surface area (Å²) in [5, 5.41) is 8.21. The first-order valence-corrected chi connectivity index (χ1v) is 4.48. The molecule has 1 heterocycles. The number of aromatic nitrogens is 2. The van der Waals surface area contributed by atoms with Crippen LogP contribution in [-0.4, -0.2) is 10.2 Å². The number of nitrogens with zero attached hydrogens (tertiary/aromatic N) is 2. The second-order valence-electron chi connectivity index (χ2n) is 3.38. The standard InChI is InChI=1S/C10H16N2/c1-5-9-6-10(7(2)3)8(4)11-12-9/h6-7H,5H2,1-4H3. The van der Waals surface area contributed by atoms with Crippen LogP contribution in [0.25, 0.3) is 0 Å². The van der Waals surface area contributed by atoms with Gasteiger partial charge in [0.15, 0.2) is 0 Å². The average Bonchev–Trinajstić information content (AvgIpc) is 2.05. The van der Waals surface area contributed by atoms with Crippen LogP contribution in [0.3, 0.4) is 0 Å². The SMILES string of the molecule is CCc1cc(C(C)C)c(C)nn1. The van der Waals surface area contributed by atoms with Crippen molar-refractivity contribution in [2.45, 2.75) is 40.0 Å². The monoisotopic (exact) mass is 164 g/mol. The van der Waals surface area contributed by atoms with Gasteiger partial charge in [0.05, 0.1) is 11.4 Å². The highest BCUT2D eigenvalue weighted by Crippen LogP contribution is 2.17. The molecule has 0 aliphatic rings. The molecule has 0 aliphatic carbocycles. The molecule has 2 heteroatoms. The molecule has 1 aromatic rings. The molecule has 0 spiro atoms. The molecule has 0 unspecified atom stereocenters. The van der Waals surface area contributed by atoms with E-state index in [0.717, 1.165) is 17.8 Å². The van der Waals surface area contributed by atoms with Gasteiger partial charge in [0, 0.05) is 0 Å². The van der Waals surface area contributed by atoms with Crippen LogP contribution in [0.1, 0.15) is 43.6 Å². The van der Waals surface area contributed by atoms with Crippen LogP contribution < -0.4 is 0 Å². The van der Waals surface area contributed by atoms with Gasteiger partial charge in [-0.05, 0) is 30.9 Å². The van der Waals surface area contributed by atoms with E-state index in [-0.39, 0.29) is 0 Å². The van der Waals surface area contributed by atoms with Crippen molar-refractivity contribution in [3.8, 4) is 0 Å². The molecule has 1 aromatic heterocycles. The molecule has 66 valence electrons. The van der Waals surface area contributed by atoms with Gasteiger partial charge in [-0.25, -0.2) is 0 Å². The van der Waals surface area contributed by atoms with E-state index in [2.05, 4.69) is 37.0 Å². The van der Waals surface area contributed by atoms with Crippen LogP contribution >= 0.6 is 0 Å². The van der Waals surface area contributed by atoms with Crippen molar-refractivity contribution in [2.75, 3.05) is 0 Å². The summed E-state index contributed by atoms with van der Waals surface area (Å²) >= 11 is 0. The smallest absolute Gasteiger partial charge is 0.0634 e. The molecule has 0 aliphatic heterocycles. The van der Waals surface area contributed by atoms with Gasteiger partial charge in [-0.3, -0.25) is 0 Å². The minimum Gasteiger partial charge on any atom is -0.155 e. The highest BCUT2D eigenvalue weighted by molar-refractivity contribution is 5.23. The topological polar surface area (TPSA) is 25.8 Å². The second kappa shape index (κ2) is 3.65. The highest BCUT2D eigenvalue weighted by Gasteiger charge is 2.05. The summed E-state index contributed by atoms with van der Waals surface area (Å²) in [5.41, 5.74) is 3.47. The van der Waals surface area contributed by atoms with Crippen LogP contribution in [-0.2, 0) is 6.42 Å². The molecule has 0 fully saturated rings. The molecule has 1 rings (SSSR count). The number of aryl methyl sites for hydroxylation is 2. The third-order valence-electron chi connectivity index (χ3n) is 2.05. The van der Waals surface area contributed by atoms with Gasteiger partial charge >= 0.3 is 0 Å². The maximum atomic E-state index is 4.12. The van der Waals surface area contributed by atoms with Gasteiger partial charge in [0.25, 0.3) is 0 Å². The Morgan fingerprint density at radius 2 is 2.00 bits per heavy atom. The predicted octanol–water partition coefficient (Wildman–Crippen LogP) is 2.47. The zero-order valence-corrected chi connectivity index (χ0v) is 8.26. The van der Waals surface area contributed by atoms with E-state index in [9.17, 15) is 0 Å². The van der Waals surface area contributed by atoms with Crippen LogP contribution in [0.2, 0.25) is 0 Å². The van der Waals surface area contributed by atoms with Gasteiger partial charge in [0.2, 0.25) is 0 Å². The van der Waals surface area contributed by atoms with E-state index in [0.29, 0.717) is 5.92 Å². The molecule has 2 nitrogen and oxygen atoms in total. The minimum absolute atomic E-state index is 0.547. The lowest BCUT2D eigenvalue weighted by molar-refractivity contribution is 0.796. The Kier molecular flexibility index (Phi) is 2.79. The Balaban J connectivity index is 3.08. The lowest BCUT2D eigenvalue weighted by atomic mass is 10.0. The lowest BCUT2D eigenvalue weighted by Crippen LogP contribution is -2.00. The fourth-order valence-corrected chi connectivity index (χ4v) is 1.27. The van der Waals surface area contributed by atoms with Crippen LogP contribution in [0.5, 0.6) is 0 Å². The Labute approximate surface area is 74.0 Å². The summed E-state index contributed by atoms with van der Waals surface area (Å²) in [6.07, 6.45) is 0.965. The molecular formula is C10H16N2. The van der Waals surface area contributed by atoms with E-state index >= 15 is 0 Å². The first kappa shape index (κ1) is 9.17. The first-order valence-electron chi connectivity index (χ1n) is 4.48. The summed E-state index contributed by atoms with van der Waals surface area (Å²) in [5.74, 6) is 0.547. The second-order valence-corrected chi connectivity index (χ2v) is 3.38. The maximum absolute atomic E-state index is 4.12. The zero-order valence-electron chi connectivity index (χ0n) is 8.26. The van der Waals surface area contributed by atoms with Crippen LogP contribution in [0, 0.1) is 6.92 Å². The molecule has 12 heavy (non-hydrogen) atoms. The van der Waals surface area contributed by atoms with Crippen molar-refractivity contribution < 1.29 is 0 Å². The highest BCUT2D eigenvalue weighted by atomic mass is 15.1. The van der Waals surface area contributed by atoms with Gasteiger partial charge in [-0.15, -0.1) is 0 Å². The van der Waals surface area contributed by atoms with Gasteiger partial charge in [-0.1, -0.05) is 20.8 Å². The zero-order chi connectivity index (χ0) is 9.14. The van der Waals surface area contributed by atoms with E-state index in [1.807, 2.05) is 6.92 Å². The van der Waals surface area contributed by atoms with Crippen molar-refractivity contribution in [3.63, 3.8) is 0 Å². The maximum Gasteiger partial charge on any atom is 0.0634 e. The lowest BCUT2D eigenvalue weighted by Gasteiger charge is -2.08. The third kappa shape index (κ3) is 1.81. The quantitative estimate of drug-likeness (QED) is 0.671. The molecule has 0 bridgehead atoms. The summed E-state index contributed by atoms with van der Waals surface area (Å²) in [7, 11) is 0. The van der Waals surface area contributed by atoms with Gasteiger partial charge < -0.3 is 0 Å². The Morgan fingerprint density at radius 1 is 1.33 bits per heavy atom. The predicted molar refractivity (Wildman–Crippen MR) is 50.2 cm³/mol. The Bertz CT molecular complexity index is 267. The summed E-state index contributed by atoms with van der Waals surface area (Å²) in [6.45, 7) is 8.48. The average molecular weight is 164 g/mol. The largest absolute Gasteiger partial charge is 0.155 e. The minimum atomic E-state index is 0.547. The normalized spacial score (nSPS) is 10.8. The van der Waals surface area contributed by atoms with Crippen molar-refractivity contribution in [1.29, 1.82) is 0 Å². The molecule has 0 aromatic carbocycles.